The molecule has 5 nitrogen and oxygen atoms in total. The van der Waals surface area contributed by atoms with E-state index in [0.717, 1.165) is 38.6 Å². The summed E-state index contributed by atoms with van der Waals surface area (Å²) in [6.07, 6.45) is 3.80. The van der Waals surface area contributed by atoms with E-state index in [-0.39, 0.29) is 6.54 Å². The summed E-state index contributed by atoms with van der Waals surface area (Å²) in [4.78, 5) is 17.8. The maximum Gasteiger partial charge on any atom is 0.317 e. The number of aliphatic carboxylic acids is 1. The minimum atomic E-state index is -0.710. The van der Waals surface area contributed by atoms with Crippen molar-refractivity contribution in [2.75, 3.05) is 46.8 Å². The Morgan fingerprint density at radius 1 is 1.28 bits per heavy atom. The SMILES string of the molecule is CN(C)CCN(CC(=O)O)C1CCN(C2CC2)C1. The number of carboxylic acid groups (broad SMARTS) is 1. The van der Waals surface area contributed by atoms with Crippen LogP contribution in [-0.2, 0) is 4.79 Å². The molecule has 1 atom stereocenters. The van der Waals surface area contributed by atoms with Crippen LogP contribution in [0.25, 0.3) is 0 Å². The number of rotatable bonds is 7. The molecule has 1 saturated heterocycles. The molecule has 0 radical (unpaired) electrons. The second kappa shape index (κ2) is 5.99. The number of hydrogen-bond acceptors (Lipinski definition) is 4. The summed E-state index contributed by atoms with van der Waals surface area (Å²) < 4.78 is 0. The summed E-state index contributed by atoms with van der Waals surface area (Å²) in [5.41, 5.74) is 0. The molecule has 1 N–H and O–H groups in total. The van der Waals surface area contributed by atoms with Crippen LogP contribution in [0.3, 0.4) is 0 Å². The number of carbonyl (C=O) groups is 1. The molecule has 0 spiro atoms. The Labute approximate surface area is 109 Å². The maximum absolute atomic E-state index is 11.0. The molecule has 1 aliphatic heterocycles. The zero-order chi connectivity index (χ0) is 13.1. The van der Waals surface area contributed by atoms with Gasteiger partial charge >= 0.3 is 5.97 Å². The zero-order valence-electron chi connectivity index (χ0n) is 11.5. The van der Waals surface area contributed by atoms with Crippen LogP contribution in [-0.4, -0.2) is 84.7 Å². The number of likely N-dealkylation sites (N-methyl/N-ethyl adjacent to an activating group) is 1. The van der Waals surface area contributed by atoms with Crippen LogP contribution in [0.4, 0.5) is 0 Å². The number of nitrogens with zero attached hydrogens (tertiary/aromatic N) is 3. The van der Waals surface area contributed by atoms with Crippen molar-refractivity contribution in [2.45, 2.75) is 31.3 Å². The third-order valence-corrected chi connectivity index (χ3v) is 3.95. The molecule has 2 fully saturated rings. The normalized spacial score (nSPS) is 25.2. The van der Waals surface area contributed by atoms with Crippen molar-refractivity contribution >= 4 is 5.97 Å². The van der Waals surface area contributed by atoms with Crippen LogP contribution in [0, 0.1) is 0 Å². The lowest BCUT2D eigenvalue weighted by Gasteiger charge is -2.28. The highest BCUT2D eigenvalue weighted by Crippen LogP contribution is 2.31. The summed E-state index contributed by atoms with van der Waals surface area (Å²) in [5, 5.41) is 9.03. The lowest BCUT2D eigenvalue weighted by molar-refractivity contribution is -0.138. The van der Waals surface area contributed by atoms with Gasteiger partial charge in [-0.1, -0.05) is 0 Å². The van der Waals surface area contributed by atoms with Crippen molar-refractivity contribution in [1.82, 2.24) is 14.7 Å². The Morgan fingerprint density at radius 3 is 2.56 bits per heavy atom. The molecule has 2 aliphatic rings. The Balaban J connectivity index is 1.84. The first kappa shape index (κ1) is 13.8. The fourth-order valence-corrected chi connectivity index (χ4v) is 2.73. The minimum absolute atomic E-state index is 0.178. The fraction of sp³-hybridized carbons (Fsp3) is 0.923. The Morgan fingerprint density at radius 2 is 2.00 bits per heavy atom. The van der Waals surface area contributed by atoms with Gasteiger partial charge in [-0.3, -0.25) is 14.6 Å². The van der Waals surface area contributed by atoms with Crippen LogP contribution in [0.15, 0.2) is 0 Å². The Bertz CT molecular complexity index is 292. The highest BCUT2D eigenvalue weighted by atomic mass is 16.4. The average molecular weight is 255 g/mol. The molecule has 0 aromatic carbocycles. The Hall–Kier alpha value is -0.650. The van der Waals surface area contributed by atoms with Crippen molar-refractivity contribution in [3.8, 4) is 0 Å². The van der Waals surface area contributed by atoms with Gasteiger partial charge in [-0.25, -0.2) is 0 Å². The largest absolute Gasteiger partial charge is 0.480 e. The van der Waals surface area contributed by atoms with Crippen molar-refractivity contribution in [3.63, 3.8) is 0 Å². The Kier molecular flexibility index (Phi) is 4.59. The third-order valence-electron chi connectivity index (χ3n) is 3.95. The van der Waals surface area contributed by atoms with E-state index in [1.165, 1.54) is 12.8 Å². The van der Waals surface area contributed by atoms with Gasteiger partial charge in [0.15, 0.2) is 0 Å². The van der Waals surface area contributed by atoms with Gasteiger partial charge in [-0.05, 0) is 33.4 Å². The first-order valence-electron chi connectivity index (χ1n) is 6.91. The second-order valence-corrected chi connectivity index (χ2v) is 5.84. The van der Waals surface area contributed by atoms with E-state index < -0.39 is 5.97 Å². The summed E-state index contributed by atoms with van der Waals surface area (Å²) in [6.45, 7) is 4.16. The number of carboxylic acids is 1. The highest BCUT2D eigenvalue weighted by Gasteiger charge is 2.36. The molecule has 1 saturated carbocycles. The van der Waals surface area contributed by atoms with Gasteiger partial charge < -0.3 is 10.0 Å². The quantitative estimate of drug-likeness (QED) is 0.703. The first-order chi connectivity index (χ1) is 8.56. The van der Waals surface area contributed by atoms with Crippen LogP contribution < -0.4 is 0 Å². The average Bonchev–Trinajstić information content (AvgIpc) is 3.02. The molecular weight excluding hydrogens is 230 g/mol. The predicted molar refractivity (Wildman–Crippen MR) is 70.8 cm³/mol. The standard InChI is InChI=1S/C13H25N3O2/c1-14(2)7-8-16(10-13(17)18)12-5-6-15(9-12)11-3-4-11/h11-12H,3-10H2,1-2H3,(H,17,18). The van der Waals surface area contributed by atoms with Crippen LogP contribution in [0.2, 0.25) is 0 Å². The molecule has 0 amide bonds. The molecule has 2 rings (SSSR count). The fourth-order valence-electron chi connectivity index (χ4n) is 2.73. The smallest absolute Gasteiger partial charge is 0.317 e. The molecule has 18 heavy (non-hydrogen) atoms. The summed E-state index contributed by atoms with van der Waals surface area (Å²) in [6, 6.07) is 1.23. The highest BCUT2D eigenvalue weighted by molar-refractivity contribution is 5.69. The molecule has 5 heteroatoms. The summed E-state index contributed by atoms with van der Waals surface area (Å²) in [7, 11) is 4.06. The van der Waals surface area contributed by atoms with Gasteiger partial charge in [0, 0.05) is 38.3 Å². The summed E-state index contributed by atoms with van der Waals surface area (Å²) in [5.74, 6) is -0.710. The van der Waals surface area contributed by atoms with Crippen LogP contribution in [0.5, 0.6) is 0 Å². The van der Waals surface area contributed by atoms with Crippen molar-refractivity contribution in [2.24, 2.45) is 0 Å². The van der Waals surface area contributed by atoms with E-state index in [0.29, 0.717) is 6.04 Å². The monoisotopic (exact) mass is 255 g/mol. The maximum atomic E-state index is 11.0. The van der Waals surface area contributed by atoms with E-state index in [4.69, 9.17) is 5.11 Å². The topological polar surface area (TPSA) is 47.0 Å². The third kappa shape index (κ3) is 3.93. The van der Waals surface area contributed by atoms with Gasteiger partial charge in [0.1, 0.15) is 0 Å². The van der Waals surface area contributed by atoms with E-state index >= 15 is 0 Å². The van der Waals surface area contributed by atoms with E-state index in [9.17, 15) is 4.79 Å². The lowest BCUT2D eigenvalue weighted by Crippen LogP contribution is -2.44. The molecule has 104 valence electrons. The molecule has 0 aromatic rings. The molecule has 1 heterocycles. The number of likely N-dealkylation sites (tertiary alicyclic amines) is 1. The molecular formula is C13H25N3O2. The molecule has 1 unspecified atom stereocenters. The van der Waals surface area contributed by atoms with Gasteiger partial charge in [0.2, 0.25) is 0 Å². The number of hydrogen-bond donors (Lipinski definition) is 1. The van der Waals surface area contributed by atoms with Crippen molar-refractivity contribution in [3.05, 3.63) is 0 Å². The molecule has 0 aromatic heterocycles. The van der Waals surface area contributed by atoms with E-state index in [1.807, 2.05) is 14.1 Å². The first-order valence-corrected chi connectivity index (χ1v) is 6.91. The zero-order valence-corrected chi connectivity index (χ0v) is 11.5. The van der Waals surface area contributed by atoms with Gasteiger partial charge in [0.05, 0.1) is 6.54 Å². The van der Waals surface area contributed by atoms with E-state index in [2.05, 4.69) is 14.7 Å². The van der Waals surface area contributed by atoms with Gasteiger partial charge in [-0.2, -0.15) is 0 Å². The summed E-state index contributed by atoms with van der Waals surface area (Å²) >= 11 is 0. The molecule has 0 bridgehead atoms. The minimum Gasteiger partial charge on any atom is -0.480 e. The molecule has 1 aliphatic carbocycles. The lowest BCUT2D eigenvalue weighted by atomic mass is 10.2. The van der Waals surface area contributed by atoms with Gasteiger partial charge in [-0.15, -0.1) is 0 Å². The van der Waals surface area contributed by atoms with Crippen molar-refractivity contribution in [1.29, 1.82) is 0 Å². The van der Waals surface area contributed by atoms with E-state index in [1.54, 1.807) is 0 Å². The van der Waals surface area contributed by atoms with Crippen LogP contribution >= 0.6 is 0 Å². The predicted octanol–water partition coefficient (Wildman–Crippen LogP) is 0.171. The van der Waals surface area contributed by atoms with Gasteiger partial charge in [0.25, 0.3) is 0 Å². The van der Waals surface area contributed by atoms with Crippen molar-refractivity contribution < 1.29 is 9.90 Å². The van der Waals surface area contributed by atoms with Crippen LogP contribution in [0.1, 0.15) is 19.3 Å². The second-order valence-electron chi connectivity index (χ2n) is 5.84.